The summed E-state index contributed by atoms with van der Waals surface area (Å²) in [7, 11) is 0. The zero-order chi connectivity index (χ0) is 27.4. The van der Waals surface area contributed by atoms with Gasteiger partial charge in [-0.15, -0.1) is 0 Å². The maximum Gasteiger partial charge on any atom is 0.0538 e. The number of benzene rings is 4. The van der Waals surface area contributed by atoms with E-state index in [0.29, 0.717) is 0 Å². The number of hydrogen-bond donors (Lipinski definition) is 1. The summed E-state index contributed by atoms with van der Waals surface area (Å²) in [6, 6.07) is 31.8. The minimum Gasteiger partial charge on any atom is -0.354 e. The van der Waals surface area contributed by atoms with E-state index in [2.05, 4.69) is 116 Å². The molecule has 1 heterocycles. The third-order valence-corrected chi connectivity index (χ3v) is 9.24. The maximum atomic E-state index is 3.67. The summed E-state index contributed by atoms with van der Waals surface area (Å²) in [4.78, 5) is 3.67. The molecule has 0 amide bonds. The highest BCUT2D eigenvalue weighted by atomic mass is 14.7. The van der Waals surface area contributed by atoms with Crippen molar-refractivity contribution < 1.29 is 0 Å². The lowest BCUT2D eigenvalue weighted by molar-refractivity contribution is 0.401. The van der Waals surface area contributed by atoms with Gasteiger partial charge in [0.15, 0.2) is 0 Å². The van der Waals surface area contributed by atoms with Crippen LogP contribution >= 0.6 is 0 Å². The molecule has 40 heavy (non-hydrogen) atoms. The molecule has 0 atom stereocenters. The highest BCUT2D eigenvalue weighted by molar-refractivity contribution is 6.09. The number of unbranched alkanes of at least 4 members (excludes halogenated alkanes) is 6. The van der Waals surface area contributed by atoms with Crippen molar-refractivity contribution in [2.45, 2.75) is 83.5 Å². The molecule has 1 heteroatoms. The first kappa shape index (κ1) is 26.6. The van der Waals surface area contributed by atoms with Crippen molar-refractivity contribution in [1.82, 2.24) is 4.98 Å². The fourth-order valence-corrected chi connectivity index (χ4v) is 7.17. The maximum absolute atomic E-state index is 3.67. The molecular weight excluding hydrogens is 482 g/mol. The van der Waals surface area contributed by atoms with Crippen LogP contribution in [0.25, 0.3) is 45.1 Å². The van der Waals surface area contributed by atoms with E-state index in [1.54, 1.807) is 11.1 Å². The molecule has 1 aliphatic rings. The molecule has 1 N–H and O–H groups in total. The second-order valence-corrected chi connectivity index (χ2v) is 11.8. The van der Waals surface area contributed by atoms with Crippen LogP contribution in [-0.2, 0) is 5.41 Å². The number of H-pyrrole nitrogens is 1. The van der Waals surface area contributed by atoms with E-state index in [1.807, 2.05) is 0 Å². The molecule has 6 rings (SSSR count). The number of aromatic amines is 1. The van der Waals surface area contributed by atoms with E-state index in [9.17, 15) is 0 Å². The van der Waals surface area contributed by atoms with Gasteiger partial charge in [0, 0.05) is 21.7 Å². The van der Waals surface area contributed by atoms with Crippen molar-refractivity contribution in [3.8, 4) is 11.1 Å². The fraction of sp³-hybridized carbons (Fsp3) is 0.333. The van der Waals surface area contributed by atoms with Gasteiger partial charge in [0.25, 0.3) is 0 Å². The number of para-hydroxylation sites is 2. The van der Waals surface area contributed by atoms with E-state index in [0.717, 1.165) is 0 Å². The van der Waals surface area contributed by atoms with Crippen molar-refractivity contribution in [3.63, 3.8) is 0 Å². The number of hydrogen-bond acceptors (Lipinski definition) is 0. The van der Waals surface area contributed by atoms with Crippen LogP contribution in [0.2, 0.25) is 0 Å². The van der Waals surface area contributed by atoms with Crippen molar-refractivity contribution in [3.05, 3.63) is 107 Å². The first-order chi connectivity index (χ1) is 19.7. The third-order valence-electron chi connectivity index (χ3n) is 9.24. The standard InChI is InChI=1S/C39H43N/c1-3-5-7-13-26-39(27-14-8-6-4-2)35-20-11-9-17-31(35)32-25-23-29(28-36(32)39)22-24-30-16-15-19-34-33-18-10-12-21-37(33)40-38(30)34/h9-12,15-25,28,40H,3-8,13-14,26-27H2,1-2H3/b24-22+. The second-order valence-electron chi connectivity index (χ2n) is 11.8. The average Bonchev–Trinajstić information content (AvgIpc) is 3.51. The van der Waals surface area contributed by atoms with Crippen LogP contribution in [0.15, 0.2) is 84.9 Å². The van der Waals surface area contributed by atoms with Crippen LogP contribution < -0.4 is 0 Å². The molecule has 0 saturated carbocycles. The van der Waals surface area contributed by atoms with E-state index >= 15 is 0 Å². The van der Waals surface area contributed by atoms with E-state index < -0.39 is 0 Å². The van der Waals surface area contributed by atoms with Gasteiger partial charge < -0.3 is 4.98 Å². The molecule has 0 spiro atoms. The fourth-order valence-electron chi connectivity index (χ4n) is 7.17. The Labute approximate surface area is 240 Å². The van der Waals surface area contributed by atoms with E-state index in [-0.39, 0.29) is 5.41 Å². The predicted molar refractivity (Wildman–Crippen MR) is 175 cm³/mol. The van der Waals surface area contributed by atoms with Crippen molar-refractivity contribution in [2.75, 3.05) is 0 Å². The van der Waals surface area contributed by atoms with Gasteiger partial charge in [-0.3, -0.25) is 0 Å². The highest BCUT2D eigenvalue weighted by Gasteiger charge is 2.42. The van der Waals surface area contributed by atoms with E-state index in [1.165, 1.54) is 108 Å². The highest BCUT2D eigenvalue weighted by Crippen LogP contribution is 2.54. The van der Waals surface area contributed by atoms with Gasteiger partial charge in [-0.25, -0.2) is 0 Å². The molecule has 0 fully saturated rings. The van der Waals surface area contributed by atoms with Gasteiger partial charge in [-0.2, -0.15) is 0 Å². The van der Waals surface area contributed by atoms with Crippen LogP contribution in [0.3, 0.4) is 0 Å². The smallest absolute Gasteiger partial charge is 0.0538 e. The van der Waals surface area contributed by atoms with Crippen molar-refractivity contribution >= 4 is 34.0 Å². The number of fused-ring (bicyclic) bond motifs is 6. The number of rotatable bonds is 12. The van der Waals surface area contributed by atoms with Gasteiger partial charge in [0.2, 0.25) is 0 Å². The summed E-state index contributed by atoms with van der Waals surface area (Å²) in [6.07, 6.45) is 17.6. The summed E-state index contributed by atoms with van der Waals surface area (Å²) in [5.74, 6) is 0. The molecule has 1 aromatic heterocycles. The lowest BCUT2D eigenvalue weighted by Crippen LogP contribution is -2.25. The first-order valence-corrected chi connectivity index (χ1v) is 15.7. The Morgan fingerprint density at radius 3 is 2.10 bits per heavy atom. The molecule has 0 bridgehead atoms. The van der Waals surface area contributed by atoms with Gasteiger partial charge >= 0.3 is 0 Å². The van der Waals surface area contributed by atoms with Crippen LogP contribution in [0.4, 0.5) is 0 Å². The summed E-state index contributed by atoms with van der Waals surface area (Å²) < 4.78 is 0. The molecule has 0 unspecified atom stereocenters. The third kappa shape index (κ3) is 4.92. The molecule has 5 aromatic rings. The Hall–Kier alpha value is -3.58. The lowest BCUT2D eigenvalue weighted by atomic mass is 9.70. The lowest BCUT2D eigenvalue weighted by Gasteiger charge is -2.33. The van der Waals surface area contributed by atoms with Crippen LogP contribution in [0.1, 0.15) is 100 Å². The molecule has 1 aliphatic carbocycles. The average molecular weight is 526 g/mol. The van der Waals surface area contributed by atoms with Gasteiger partial charge in [0.1, 0.15) is 0 Å². The molecule has 0 saturated heterocycles. The predicted octanol–water partition coefficient (Wildman–Crippen LogP) is 11.7. The van der Waals surface area contributed by atoms with Crippen LogP contribution in [-0.4, -0.2) is 4.98 Å². The minimum atomic E-state index is 0.133. The summed E-state index contributed by atoms with van der Waals surface area (Å²) in [5.41, 5.74) is 11.1. The summed E-state index contributed by atoms with van der Waals surface area (Å²) in [6.45, 7) is 4.63. The normalized spacial score (nSPS) is 13.8. The van der Waals surface area contributed by atoms with Gasteiger partial charge in [-0.1, -0.05) is 156 Å². The number of aromatic nitrogens is 1. The molecular formula is C39H43N. The molecule has 4 aromatic carbocycles. The monoisotopic (exact) mass is 525 g/mol. The SMILES string of the molecule is CCCCCCC1(CCCCCC)c2ccccc2-c2ccc(/C=C/c3cccc4c3[nH]c3ccccc34)cc21. The Bertz CT molecular complexity index is 1620. The van der Waals surface area contributed by atoms with Crippen LogP contribution in [0, 0.1) is 0 Å². The van der Waals surface area contributed by atoms with Gasteiger partial charge in [0.05, 0.1) is 5.52 Å². The Morgan fingerprint density at radius 2 is 1.30 bits per heavy atom. The topological polar surface area (TPSA) is 15.8 Å². The number of nitrogens with one attached hydrogen (secondary N) is 1. The Kier molecular flexibility index (Phi) is 7.91. The second kappa shape index (κ2) is 11.9. The van der Waals surface area contributed by atoms with Crippen LogP contribution in [0.5, 0.6) is 0 Å². The largest absolute Gasteiger partial charge is 0.354 e. The zero-order valence-corrected chi connectivity index (χ0v) is 24.3. The quantitative estimate of drug-likeness (QED) is 0.123. The summed E-state index contributed by atoms with van der Waals surface area (Å²) >= 11 is 0. The Morgan fingerprint density at radius 1 is 0.600 bits per heavy atom. The molecule has 204 valence electrons. The van der Waals surface area contributed by atoms with Crippen molar-refractivity contribution in [2.24, 2.45) is 0 Å². The molecule has 1 nitrogen and oxygen atoms in total. The molecule has 0 aliphatic heterocycles. The van der Waals surface area contributed by atoms with E-state index in [4.69, 9.17) is 0 Å². The zero-order valence-electron chi connectivity index (χ0n) is 24.3. The minimum absolute atomic E-state index is 0.133. The Balaban J connectivity index is 1.38. The molecule has 0 radical (unpaired) electrons. The first-order valence-electron chi connectivity index (χ1n) is 15.7. The van der Waals surface area contributed by atoms with Crippen molar-refractivity contribution in [1.29, 1.82) is 0 Å². The summed E-state index contributed by atoms with van der Waals surface area (Å²) in [5, 5.41) is 2.58. The van der Waals surface area contributed by atoms with Gasteiger partial charge in [-0.05, 0) is 52.3 Å².